The Balaban J connectivity index is 2.36. The predicted octanol–water partition coefficient (Wildman–Crippen LogP) is 2.25. The van der Waals surface area contributed by atoms with Crippen LogP contribution in [0.3, 0.4) is 0 Å². The molecule has 2 aromatic rings. The van der Waals surface area contributed by atoms with Crippen LogP contribution in [0.1, 0.15) is 15.9 Å². The minimum atomic E-state index is -0.477. The maximum atomic E-state index is 10.9. The Hall–Kier alpha value is -2.83. The third kappa shape index (κ3) is 2.71. The van der Waals surface area contributed by atoms with Crippen LogP contribution in [-0.4, -0.2) is 21.2 Å². The molecule has 0 saturated carbocycles. The van der Waals surface area contributed by atoms with Gasteiger partial charge in [-0.15, -0.1) is 0 Å². The van der Waals surface area contributed by atoms with Gasteiger partial charge in [-0.3, -0.25) is 14.9 Å². The molecule has 1 heterocycles. The monoisotopic (exact) mass is 258 g/mol. The van der Waals surface area contributed by atoms with Crippen LogP contribution in [0, 0.1) is 17.0 Å². The standard InChI is InChI=1S/C12H10N4O3/c1-8-3-2-4-10(16(18)19)11(8)15-12-13-5-9(7-17)6-14-12/h2-7H,1H3,(H,13,14,15). The number of benzene rings is 1. The number of nitro benzene ring substituents is 1. The van der Waals surface area contributed by atoms with Crippen molar-refractivity contribution in [2.24, 2.45) is 0 Å². The highest BCUT2D eigenvalue weighted by Gasteiger charge is 2.16. The molecule has 0 amide bonds. The van der Waals surface area contributed by atoms with Gasteiger partial charge in [0.2, 0.25) is 5.95 Å². The maximum Gasteiger partial charge on any atom is 0.293 e. The molecule has 0 atom stereocenters. The van der Waals surface area contributed by atoms with Gasteiger partial charge in [0.05, 0.1) is 10.5 Å². The van der Waals surface area contributed by atoms with Gasteiger partial charge in [-0.1, -0.05) is 12.1 Å². The molecule has 0 aliphatic heterocycles. The van der Waals surface area contributed by atoms with Crippen molar-refractivity contribution in [3.63, 3.8) is 0 Å². The molecule has 0 radical (unpaired) electrons. The number of anilines is 2. The lowest BCUT2D eigenvalue weighted by molar-refractivity contribution is -0.384. The Morgan fingerprint density at radius 3 is 2.58 bits per heavy atom. The average Bonchev–Trinajstić information content (AvgIpc) is 2.41. The number of nitrogens with zero attached hydrogens (tertiary/aromatic N) is 3. The van der Waals surface area contributed by atoms with Crippen LogP contribution in [0.15, 0.2) is 30.6 Å². The van der Waals surface area contributed by atoms with E-state index in [1.165, 1.54) is 18.5 Å². The van der Waals surface area contributed by atoms with Gasteiger partial charge < -0.3 is 5.32 Å². The number of hydrogen-bond donors (Lipinski definition) is 1. The molecule has 0 bridgehead atoms. The van der Waals surface area contributed by atoms with E-state index < -0.39 is 4.92 Å². The zero-order valence-electron chi connectivity index (χ0n) is 10.0. The first-order valence-corrected chi connectivity index (χ1v) is 5.40. The van der Waals surface area contributed by atoms with Gasteiger partial charge in [0.1, 0.15) is 5.69 Å². The zero-order valence-corrected chi connectivity index (χ0v) is 10.0. The second-order valence-corrected chi connectivity index (χ2v) is 3.81. The van der Waals surface area contributed by atoms with Crippen molar-refractivity contribution in [3.05, 3.63) is 51.8 Å². The number of para-hydroxylation sites is 1. The lowest BCUT2D eigenvalue weighted by atomic mass is 10.1. The lowest BCUT2D eigenvalue weighted by Gasteiger charge is -2.08. The second-order valence-electron chi connectivity index (χ2n) is 3.81. The number of rotatable bonds is 4. The molecule has 0 fully saturated rings. The number of aryl methyl sites for hydroxylation is 1. The molecule has 7 heteroatoms. The fraction of sp³-hybridized carbons (Fsp3) is 0.0833. The van der Waals surface area contributed by atoms with Crippen LogP contribution in [0.4, 0.5) is 17.3 Å². The number of carbonyl (C=O) groups is 1. The third-order valence-electron chi connectivity index (χ3n) is 2.49. The minimum Gasteiger partial charge on any atom is -0.318 e. The summed E-state index contributed by atoms with van der Waals surface area (Å²) < 4.78 is 0. The first-order valence-electron chi connectivity index (χ1n) is 5.40. The molecular formula is C12H10N4O3. The molecule has 96 valence electrons. The van der Waals surface area contributed by atoms with Crippen LogP contribution in [0.5, 0.6) is 0 Å². The Labute approximate surface area is 108 Å². The molecule has 0 saturated heterocycles. The molecule has 7 nitrogen and oxygen atoms in total. The van der Waals surface area contributed by atoms with E-state index >= 15 is 0 Å². The van der Waals surface area contributed by atoms with E-state index in [0.29, 0.717) is 23.1 Å². The van der Waals surface area contributed by atoms with Gasteiger partial charge in [-0.2, -0.15) is 0 Å². The fourth-order valence-electron chi connectivity index (χ4n) is 1.54. The van der Waals surface area contributed by atoms with Gasteiger partial charge in [0.25, 0.3) is 5.69 Å². The van der Waals surface area contributed by atoms with Crippen LogP contribution in [0.25, 0.3) is 0 Å². The molecule has 0 unspecified atom stereocenters. The van der Waals surface area contributed by atoms with E-state index in [2.05, 4.69) is 15.3 Å². The topological polar surface area (TPSA) is 98.0 Å². The number of hydrogen-bond acceptors (Lipinski definition) is 6. The highest BCUT2D eigenvalue weighted by atomic mass is 16.6. The molecule has 19 heavy (non-hydrogen) atoms. The van der Waals surface area contributed by atoms with Crippen molar-refractivity contribution < 1.29 is 9.72 Å². The van der Waals surface area contributed by atoms with Crippen molar-refractivity contribution >= 4 is 23.6 Å². The van der Waals surface area contributed by atoms with Crippen LogP contribution in [-0.2, 0) is 0 Å². The van der Waals surface area contributed by atoms with Gasteiger partial charge in [-0.25, -0.2) is 9.97 Å². The van der Waals surface area contributed by atoms with Crippen molar-refractivity contribution in [2.45, 2.75) is 6.92 Å². The van der Waals surface area contributed by atoms with E-state index in [-0.39, 0.29) is 11.6 Å². The Kier molecular flexibility index (Phi) is 3.46. The first-order chi connectivity index (χ1) is 9.11. The highest BCUT2D eigenvalue weighted by Crippen LogP contribution is 2.29. The van der Waals surface area contributed by atoms with E-state index in [9.17, 15) is 14.9 Å². The zero-order chi connectivity index (χ0) is 13.8. The summed E-state index contributed by atoms with van der Waals surface area (Å²) in [5.74, 6) is 0.197. The number of aldehydes is 1. The van der Waals surface area contributed by atoms with Gasteiger partial charge >= 0.3 is 0 Å². The summed E-state index contributed by atoms with van der Waals surface area (Å²) in [6.07, 6.45) is 3.30. The normalized spacial score (nSPS) is 9.95. The van der Waals surface area contributed by atoms with E-state index in [1.807, 2.05) is 0 Å². The summed E-state index contributed by atoms with van der Waals surface area (Å²) in [7, 11) is 0. The van der Waals surface area contributed by atoms with E-state index in [1.54, 1.807) is 19.1 Å². The summed E-state index contributed by atoms with van der Waals surface area (Å²) in [6, 6.07) is 4.75. The van der Waals surface area contributed by atoms with Crippen molar-refractivity contribution in [3.8, 4) is 0 Å². The van der Waals surface area contributed by atoms with Crippen molar-refractivity contribution in [1.29, 1.82) is 0 Å². The minimum absolute atomic E-state index is 0.0527. The Morgan fingerprint density at radius 1 is 1.32 bits per heavy atom. The number of carbonyl (C=O) groups excluding carboxylic acids is 1. The molecule has 0 aliphatic carbocycles. The summed E-state index contributed by atoms with van der Waals surface area (Å²) in [4.78, 5) is 28.8. The van der Waals surface area contributed by atoms with Crippen molar-refractivity contribution in [1.82, 2.24) is 9.97 Å². The van der Waals surface area contributed by atoms with Crippen LogP contribution >= 0.6 is 0 Å². The van der Waals surface area contributed by atoms with Crippen molar-refractivity contribution in [2.75, 3.05) is 5.32 Å². The summed E-state index contributed by atoms with van der Waals surface area (Å²) in [5, 5.41) is 13.7. The predicted molar refractivity (Wildman–Crippen MR) is 68.5 cm³/mol. The maximum absolute atomic E-state index is 10.9. The van der Waals surface area contributed by atoms with Crippen LogP contribution in [0.2, 0.25) is 0 Å². The molecule has 1 aromatic heterocycles. The summed E-state index contributed by atoms with van der Waals surface area (Å²) in [6.45, 7) is 1.75. The number of nitrogens with one attached hydrogen (secondary N) is 1. The number of aromatic nitrogens is 2. The largest absolute Gasteiger partial charge is 0.318 e. The van der Waals surface area contributed by atoms with E-state index in [0.717, 1.165) is 0 Å². The molecule has 1 N–H and O–H groups in total. The molecule has 0 aliphatic rings. The number of nitro groups is 1. The third-order valence-corrected chi connectivity index (χ3v) is 2.49. The molecule has 2 rings (SSSR count). The van der Waals surface area contributed by atoms with Gasteiger partial charge in [0, 0.05) is 18.5 Å². The fourth-order valence-corrected chi connectivity index (χ4v) is 1.54. The molecule has 1 aromatic carbocycles. The van der Waals surface area contributed by atoms with Crippen LogP contribution < -0.4 is 5.32 Å². The van der Waals surface area contributed by atoms with E-state index in [4.69, 9.17) is 0 Å². The SMILES string of the molecule is Cc1cccc([N+](=O)[O-])c1Nc1ncc(C=O)cn1. The Bertz CT molecular complexity index is 625. The lowest BCUT2D eigenvalue weighted by Crippen LogP contribution is -2.02. The summed E-state index contributed by atoms with van der Waals surface area (Å²) >= 11 is 0. The van der Waals surface area contributed by atoms with Gasteiger partial charge in [0.15, 0.2) is 6.29 Å². The average molecular weight is 258 g/mol. The smallest absolute Gasteiger partial charge is 0.293 e. The Morgan fingerprint density at radius 2 is 2.00 bits per heavy atom. The quantitative estimate of drug-likeness (QED) is 0.513. The second kappa shape index (κ2) is 5.21. The van der Waals surface area contributed by atoms with Gasteiger partial charge in [-0.05, 0) is 12.5 Å². The summed E-state index contributed by atoms with van der Waals surface area (Å²) in [5.41, 5.74) is 1.33. The first kappa shape index (κ1) is 12.6. The molecule has 0 spiro atoms. The molecular weight excluding hydrogens is 248 g/mol. The highest BCUT2D eigenvalue weighted by molar-refractivity contribution is 5.74.